The third kappa shape index (κ3) is 5.77. The van der Waals surface area contributed by atoms with Gasteiger partial charge in [0.05, 0.1) is 0 Å². The van der Waals surface area contributed by atoms with E-state index in [4.69, 9.17) is 0 Å². The fourth-order valence-electron chi connectivity index (χ4n) is 5.17. The van der Waals surface area contributed by atoms with Crippen molar-refractivity contribution >= 4 is 12.3 Å². The van der Waals surface area contributed by atoms with Crippen molar-refractivity contribution in [2.45, 2.75) is 0 Å². The maximum atomic E-state index is 4.32. The van der Waals surface area contributed by atoms with E-state index in [9.17, 15) is 0 Å². The number of aromatic nitrogens is 2. The Hall–Kier alpha value is -5.67. The second-order valence-corrected chi connectivity index (χ2v) is 10.00. The van der Waals surface area contributed by atoms with Crippen molar-refractivity contribution in [3.8, 4) is 55.6 Å². The van der Waals surface area contributed by atoms with Crippen molar-refractivity contribution in [2.75, 3.05) is 0 Å². The van der Waals surface area contributed by atoms with Crippen molar-refractivity contribution in [1.82, 2.24) is 9.97 Å². The lowest BCUT2D eigenvalue weighted by molar-refractivity contribution is 1.33. The van der Waals surface area contributed by atoms with Gasteiger partial charge < -0.3 is 0 Å². The first-order chi connectivity index (χ1) is 20.7. The topological polar surface area (TPSA) is 38.1 Å². The zero-order valence-corrected chi connectivity index (χ0v) is 23.2. The van der Waals surface area contributed by atoms with Crippen molar-refractivity contribution in [1.29, 1.82) is 0 Å². The Morgan fingerprint density at radius 2 is 0.905 bits per heavy atom. The molecule has 42 heavy (non-hydrogen) atoms. The Labute approximate surface area is 246 Å². The number of allylic oxidation sites excluding steroid dienone is 2. The first kappa shape index (κ1) is 26.5. The molecule has 3 heteroatoms. The van der Waals surface area contributed by atoms with Gasteiger partial charge in [-0.05, 0) is 111 Å². The summed E-state index contributed by atoms with van der Waals surface area (Å²) in [7, 11) is 0. The molecule has 0 aliphatic carbocycles. The lowest BCUT2D eigenvalue weighted by Gasteiger charge is -2.14. The summed E-state index contributed by atoms with van der Waals surface area (Å²) < 4.78 is 0. The van der Waals surface area contributed by atoms with Gasteiger partial charge in [0.25, 0.3) is 0 Å². The molecule has 0 N–H and O–H groups in total. The Kier molecular flexibility index (Phi) is 7.74. The molecule has 0 atom stereocenters. The monoisotopic (exact) mass is 539 g/mol. The van der Waals surface area contributed by atoms with Gasteiger partial charge in [0, 0.05) is 42.1 Å². The van der Waals surface area contributed by atoms with Crippen LogP contribution < -0.4 is 0 Å². The van der Waals surface area contributed by atoms with Gasteiger partial charge in [-0.3, -0.25) is 15.0 Å². The summed E-state index contributed by atoms with van der Waals surface area (Å²) in [6.45, 7) is 7.59. The lowest BCUT2D eigenvalue weighted by atomic mass is 9.90. The van der Waals surface area contributed by atoms with Gasteiger partial charge in [0.15, 0.2) is 0 Å². The van der Waals surface area contributed by atoms with Crippen LogP contribution in [0.25, 0.3) is 61.2 Å². The number of aliphatic imine (C=N–C) groups is 1. The molecule has 6 aromatic rings. The number of hydrogen-bond donors (Lipinski definition) is 0. The van der Waals surface area contributed by atoms with E-state index < -0.39 is 0 Å². The molecule has 0 amide bonds. The molecule has 3 nitrogen and oxygen atoms in total. The summed E-state index contributed by atoms with van der Waals surface area (Å²) in [6.07, 6.45) is 11.0. The molecular formula is C39H29N3. The maximum Gasteiger partial charge on any atom is 0.0346 e. The first-order valence-corrected chi connectivity index (χ1v) is 13.8. The predicted molar refractivity (Wildman–Crippen MR) is 177 cm³/mol. The molecule has 0 aliphatic heterocycles. The Morgan fingerprint density at radius 3 is 1.33 bits per heavy atom. The standard InChI is InChI=1S/C39H29N3/c1-3-28(25-40-2)29-9-4-12-32(19-29)37-22-38(33-13-5-10-30(20-33)35-15-7-17-41-26-35)24-39(23-37)34-14-6-11-31(21-34)36-16-8-18-42-27-36/h3-27H,1-2H2/b28-25+. The van der Waals surface area contributed by atoms with Crippen LogP contribution in [0.15, 0.2) is 164 Å². The summed E-state index contributed by atoms with van der Waals surface area (Å²) in [6, 6.07) is 40.7. The summed E-state index contributed by atoms with van der Waals surface area (Å²) in [5, 5.41) is 0. The van der Waals surface area contributed by atoms with E-state index in [-0.39, 0.29) is 0 Å². The number of hydrogen-bond acceptors (Lipinski definition) is 3. The van der Waals surface area contributed by atoms with Crippen LogP contribution in [0, 0.1) is 0 Å². The highest BCUT2D eigenvalue weighted by atomic mass is 14.6. The van der Waals surface area contributed by atoms with E-state index in [0.29, 0.717) is 0 Å². The van der Waals surface area contributed by atoms with Crippen molar-refractivity contribution in [3.05, 3.63) is 164 Å². The summed E-state index contributed by atoms with van der Waals surface area (Å²) in [4.78, 5) is 12.6. The third-order valence-corrected chi connectivity index (χ3v) is 7.29. The highest BCUT2D eigenvalue weighted by molar-refractivity contribution is 5.85. The van der Waals surface area contributed by atoms with Crippen LogP contribution in [0.4, 0.5) is 0 Å². The van der Waals surface area contributed by atoms with Crippen LogP contribution in [-0.4, -0.2) is 16.7 Å². The first-order valence-electron chi connectivity index (χ1n) is 13.8. The fraction of sp³-hybridized carbons (Fsp3) is 0. The normalized spacial score (nSPS) is 11.2. The fourth-order valence-corrected chi connectivity index (χ4v) is 5.17. The average Bonchev–Trinajstić information content (AvgIpc) is 3.08. The van der Waals surface area contributed by atoms with Crippen molar-refractivity contribution < 1.29 is 0 Å². The zero-order chi connectivity index (χ0) is 28.7. The molecule has 2 aromatic heterocycles. The molecule has 2 heterocycles. The Bertz CT molecular complexity index is 1800. The highest BCUT2D eigenvalue weighted by Crippen LogP contribution is 2.36. The SMILES string of the molecule is C=C/C(=C\N=C)c1cccc(-c2cc(-c3cccc(-c4cccnc4)c3)cc(-c3cccc(-c4cccnc4)c3)c2)c1. The number of nitrogens with zero attached hydrogens (tertiary/aromatic N) is 3. The van der Waals surface area contributed by atoms with Gasteiger partial charge in [-0.15, -0.1) is 0 Å². The summed E-state index contributed by atoms with van der Waals surface area (Å²) >= 11 is 0. The van der Waals surface area contributed by atoms with Gasteiger partial charge in [-0.1, -0.05) is 79.4 Å². The van der Waals surface area contributed by atoms with Crippen LogP contribution >= 0.6 is 0 Å². The van der Waals surface area contributed by atoms with Crippen molar-refractivity contribution in [2.24, 2.45) is 4.99 Å². The molecule has 4 aromatic carbocycles. The van der Waals surface area contributed by atoms with E-state index in [1.54, 1.807) is 18.6 Å². The summed E-state index contributed by atoms with van der Waals surface area (Å²) in [5.41, 5.74) is 13.2. The van der Waals surface area contributed by atoms with Gasteiger partial charge in [0.2, 0.25) is 0 Å². The van der Waals surface area contributed by atoms with Crippen LogP contribution in [0.1, 0.15) is 5.56 Å². The van der Waals surface area contributed by atoms with Crippen LogP contribution in [0.3, 0.4) is 0 Å². The number of benzene rings is 4. The van der Waals surface area contributed by atoms with Gasteiger partial charge in [-0.25, -0.2) is 0 Å². The van der Waals surface area contributed by atoms with Crippen LogP contribution in [0.2, 0.25) is 0 Å². The van der Waals surface area contributed by atoms with Gasteiger partial charge in [-0.2, -0.15) is 0 Å². The van der Waals surface area contributed by atoms with Crippen LogP contribution in [-0.2, 0) is 0 Å². The minimum absolute atomic E-state index is 0.927. The molecule has 0 radical (unpaired) electrons. The van der Waals surface area contributed by atoms with E-state index in [0.717, 1.165) is 66.8 Å². The van der Waals surface area contributed by atoms with Gasteiger partial charge in [0.1, 0.15) is 0 Å². The summed E-state index contributed by atoms with van der Waals surface area (Å²) in [5.74, 6) is 0. The Morgan fingerprint density at radius 1 is 0.500 bits per heavy atom. The molecule has 0 aliphatic rings. The number of rotatable bonds is 8. The molecule has 0 spiro atoms. The molecular weight excluding hydrogens is 510 g/mol. The Balaban J connectivity index is 1.52. The molecule has 0 unspecified atom stereocenters. The molecule has 0 saturated heterocycles. The van der Waals surface area contributed by atoms with E-state index in [1.807, 2.05) is 30.6 Å². The van der Waals surface area contributed by atoms with Gasteiger partial charge >= 0.3 is 0 Å². The molecule has 6 rings (SSSR count). The van der Waals surface area contributed by atoms with E-state index >= 15 is 0 Å². The zero-order valence-electron chi connectivity index (χ0n) is 23.2. The van der Waals surface area contributed by atoms with Crippen molar-refractivity contribution in [3.63, 3.8) is 0 Å². The second kappa shape index (κ2) is 12.2. The largest absolute Gasteiger partial charge is 0.272 e. The molecule has 0 saturated carbocycles. The minimum Gasteiger partial charge on any atom is -0.272 e. The van der Waals surface area contributed by atoms with Crippen LogP contribution in [0.5, 0.6) is 0 Å². The van der Waals surface area contributed by atoms with E-state index in [2.05, 4.69) is 131 Å². The molecule has 0 fully saturated rings. The second-order valence-electron chi connectivity index (χ2n) is 10.00. The average molecular weight is 540 g/mol. The quantitative estimate of drug-likeness (QED) is 0.143. The minimum atomic E-state index is 0.927. The van der Waals surface area contributed by atoms with E-state index in [1.165, 1.54) is 0 Å². The third-order valence-electron chi connectivity index (χ3n) is 7.29. The lowest BCUT2D eigenvalue weighted by Crippen LogP contribution is -1.89. The maximum absolute atomic E-state index is 4.32. The molecule has 0 bridgehead atoms. The predicted octanol–water partition coefficient (Wildman–Crippen LogP) is 10.0. The smallest absolute Gasteiger partial charge is 0.0346 e. The molecule has 200 valence electrons. The number of pyridine rings is 2. The highest BCUT2D eigenvalue weighted by Gasteiger charge is 2.11.